The van der Waals surface area contributed by atoms with E-state index in [0.29, 0.717) is 17.9 Å². The molecule has 0 radical (unpaired) electrons. The van der Waals surface area contributed by atoms with Gasteiger partial charge in [0.05, 0.1) is 13.0 Å². The zero-order chi connectivity index (χ0) is 12.7. The van der Waals surface area contributed by atoms with E-state index >= 15 is 0 Å². The molecule has 1 rings (SSSR count). The second-order valence-electron chi connectivity index (χ2n) is 3.56. The average molecular weight is 257 g/mol. The minimum atomic E-state index is -0.682. The van der Waals surface area contributed by atoms with Gasteiger partial charge in [0.15, 0.2) is 11.5 Å². The molecule has 0 saturated heterocycles. The van der Waals surface area contributed by atoms with Crippen molar-refractivity contribution in [2.75, 3.05) is 19.6 Å². The fraction of sp³-hybridized carbons (Fsp3) is 0.385. The first-order chi connectivity index (χ1) is 8.22. The molecule has 94 valence electrons. The summed E-state index contributed by atoms with van der Waals surface area (Å²) in [6.45, 7) is 3.84. The van der Waals surface area contributed by atoms with Gasteiger partial charge in [0.25, 0.3) is 0 Å². The molecule has 0 aliphatic heterocycles. The molecule has 0 fully saturated rings. The molecule has 1 aromatic rings. The monoisotopic (exact) mass is 256 g/mol. The highest BCUT2D eigenvalue weighted by Gasteiger charge is 2.11. The number of ether oxygens (including phenoxy) is 2. The Hall–Kier alpha value is -1.19. The van der Waals surface area contributed by atoms with E-state index < -0.39 is 6.10 Å². The Morgan fingerprint density at radius 1 is 1.53 bits per heavy atom. The fourth-order valence-electron chi connectivity index (χ4n) is 1.43. The minimum Gasteiger partial charge on any atom is -0.493 e. The van der Waals surface area contributed by atoms with Gasteiger partial charge in [-0.25, -0.2) is 0 Å². The first-order valence-corrected chi connectivity index (χ1v) is 5.90. The van der Waals surface area contributed by atoms with Crippen LogP contribution in [0.15, 0.2) is 30.9 Å². The molecule has 0 spiro atoms. The molecule has 0 aliphatic carbocycles. The zero-order valence-electron chi connectivity index (χ0n) is 9.86. The molecule has 0 bridgehead atoms. The van der Waals surface area contributed by atoms with E-state index in [4.69, 9.17) is 21.1 Å². The normalized spacial score (nSPS) is 11.9. The maximum absolute atomic E-state index is 9.39. The van der Waals surface area contributed by atoms with Crippen LogP contribution >= 0.6 is 11.6 Å². The van der Waals surface area contributed by atoms with Crippen molar-refractivity contribution in [1.82, 2.24) is 0 Å². The summed E-state index contributed by atoms with van der Waals surface area (Å²) in [6.07, 6.45) is 1.79. The van der Waals surface area contributed by atoms with Crippen LogP contribution in [0.1, 0.15) is 5.56 Å². The van der Waals surface area contributed by atoms with Crippen LogP contribution in [-0.2, 0) is 6.42 Å². The van der Waals surface area contributed by atoms with E-state index in [1.54, 1.807) is 13.2 Å². The number of alkyl halides is 1. The highest BCUT2D eigenvalue weighted by atomic mass is 35.5. The molecule has 1 aromatic carbocycles. The van der Waals surface area contributed by atoms with E-state index in [9.17, 15) is 5.11 Å². The van der Waals surface area contributed by atoms with Crippen molar-refractivity contribution < 1.29 is 14.6 Å². The van der Waals surface area contributed by atoms with Gasteiger partial charge in [-0.05, 0) is 12.5 Å². The molecule has 1 N–H and O–H groups in total. The van der Waals surface area contributed by atoms with Gasteiger partial charge < -0.3 is 14.6 Å². The molecular formula is C13H17ClO3. The Labute approximate surface area is 107 Å². The molecular weight excluding hydrogens is 240 g/mol. The first kappa shape index (κ1) is 13.9. The summed E-state index contributed by atoms with van der Waals surface area (Å²) in [4.78, 5) is 0. The highest BCUT2D eigenvalue weighted by molar-refractivity contribution is 6.18. The smallest absolute Gasteiger partial charge is 0.164 e. The van der Waals surface area contributed by atoms with Crippen molar-refractivity contribution in [3.63, 3.8) is 0 Å². The Bertz CT molecular complexity index is 366. The number of hydrogen-bond donors (Lipinski definition) is 1. The van der Waals surface area contributed by atoms with Crippen LogP contribution < -0.4 is 9.47 Å². The van der Waals surface area contributed by atoms with Crippen molar-refractivity contribution in [3.05, 3.63) is 36.4 Å². The SMILES string of the molecule is C=CCc1cccc(OC)c1OCC(O)CCl. The van der Waals surface area contributed by atoms with Gasteiger partial charge in [0.1, 0.15) is 12.7 Å². The maximum atomic E-state index is 9.39. The lowest BCUT2D eigenvalue weighted by Gasteiger charge is -2.15. The van der Waals surface area contributed by atoms with Crippen molar-refractivity contribution in [2.24, 2.45) is 0 Å². The van der Waals surface area contributed by atoms with E-state index in [2.05, 4.69) is 6.58 Å². The van der Waals surface area contributed by atoms with Crippen LogP contribution in [0, 0.1) is 0 Å². The van der Waals surface area contributed by atoms with E-state index in [1.165, 1.54) is 0 Å². The number of benzene rings is 1. The first-order valence-electron chi connectivity index (χ1n) is 5.36. The lowest BCUT2D eigenvalue weighted by atomic mass is 10.1. The van der Waals surface area contributed by atoms with Gasteiger partial charge in [-0.1, -0.05) is 18.2 Å². The van der Waals surface area contributed by atoms with Crippen molar-refractivity contribution in [3.8, 4) is 11.5 Å². The summed E-state index contributed by atoms with van der Waals surface area (Å²) < 4.78 is 10.8. The third kappa shape index (κ3) is 3.95. The summed E-state index contributed by atoms with van der Waals surface area (Å²) in [6, 6.07) is 5.64. The molecule has 0 saturated carbocycles. The Balaban J connectivity index is 2.88. The molecule has 3 nitrogen and oxygen atoms in total. The summed E-state index contributed by atoms with van der Waals surface area (Å²) >= 11 is 5.52. The largest absolute Gasteiger partial charge is 0.493 e. The van der Waals surface area contributed by atoms with Crippen LogP contribution in [0.3, 0.4) is 0 Å². The second kappa shape index (κ2) is 7.20. The van der Waals surface area contributed by atoms with Gasteiger partial charge in [-0.15, -0.1) is 18.2 Å². The van der Waals surface area contributed by atoms with Crippen molar-refractivity contribution in [2.45, 2.75) is 12.5 Å². The summed E-state index contributed by atoms with van der Waals surface area (Å²) in [5.41, 5.74) is 0.973. The molecule has 1 atom stereocenters. The highest BCUT2D eigenvalue weighted by Crippen LogP contribution is 2.31. The number of aliphatic hydroxyl groups is 1. The number of allylic oxidation sites excluding steroid dienone is 1. The molecule has 0 aromatic heterocycles. The fourth-order valence-corrected chi connectivity index (χ4v) is 1.52. The van der Waals surface area contributed by atoms with Gasteiger partial charge in [-0.3, -0.25) is 0 Å². The quantitative estimate of drug-likeness (QED) is 0.601. The Kier molecular flexibility index (Phi) is 5.87. The van der Waals surface area contributed by atoms with E-state index in [0.717, 1.165) is 5.56 Å². The predicted molar refractivity (Wildman–Crippen MR) is 69.1 cm³/mol. The van der Waals surface area contributed by atoms with Gasteiger partial charge >= 0.3 is 0 Å². The van der Waals surface area contributed by atoms with Gasteiger partial charge in [-0.2, -0.15) is 0 Å². The maximum Gasteiger partial charge on any atom is 0.164 e. The van der Waals surface area contributed by atoms with Crippen LogP contribution in [-0.4, -0.2) is 30.8 Å². The number of aliphatic hydroxyl groups excluding tert-OH is 1. The Morgan fingerprint density at radius 2 is 2.29 bits per heavy atom. The number of halogens is 1. The summed E-state index contributed by atoms with van der Waals surface area (Å²) in [5.74, 6) is 1.43. The van der Waals surface area contributed by atoms with Crippen LogP contribution in [0.5, 0.6) is 11.5 Å². The number of rotatable bonds is 7. The van der Waals surface area contributed by atoms with Gasteiger partial charge in [0, 0.05) is 5.56 Å². The van der Waals surface area contributed by atoms with Crippen LogP contribution in [0.4, 0.5) is 0 Å². The van der Waals surface area contributed by atoms with Crippen LogP contribution in [0.25, 0.3) is 0 Å². The lowest BCUT2D eigenvalue weighted by Crippen LogP contribution is -2.19. The van der Waals surface area contributed by atoms with E-state index in [1.807, 2.05) is 18.2 Å². The zero-order valence-corrected chi connectivity index (χ0v) is 10.6. The third-order valence-corrected chi connectivity index (χ3v) is 2.60. The molecule has 0 heterocycles. The molecule has 17 heavy (non-hydrogen) atoms. The summed E-state index contributed by atoms with van der Waals surface area (Å²) in [5, 5.41) is 9.39. The van der Waals surface area contributed by atoms with E-state index in [-0.39, 0.29) is 12.5 Å². The molecule has 0 aliphatic rings. The second-order valence-corrected chi connectivity index (χ2v) is 3.87. The minimum absolute atomic E-state index is 0.145. The van der Waals surface area contributed by atoms with Gasteiger partial charge in [0.2, 0.25) is 0 Å². The standard InChI is InChI=1S/C13H17ClO3/c1-3-5-10-6-4-7-12(16-2)13(10)17-9-11(15)8-14/h3-4,6-7,11,15H,1,5,8-9H2,2H3. The predicted octanol–water partition coefficient (Wildman–Crippen LogP) is 2.40. The molecule has 0 amide bonds. The molecule has 1 unspecified atom stereocenters. The number of methoxy groups -OCH3 is 1. The summed E-state index contributed by atoms with van der Waals surface area (Å²) in [7, 11) is 1.58. The Morgan fingerprint density at radius 3 is 2.88 bits per heavy atom. The van der Waals surface area contributed by atoms with Crippen molar-refractivity contribution >= 4 is 11.6 Å². The average Bonchev–Trinajstić information content (AvgIpc) is 2.36. The third-order valence-electron chi connectivity index (χ3n) is 2.24. The number of hydrogen-bond acceptors (Lipinski definition) is 3. The topological polar surface area (TPSA) is 38.7 Å². The van der Waals surface area contributed by atoms with Crippen LogP contribution in [0.2, 0.25) is 0 Å². The lowest BCUT2D eigenvalue weighted by molar-refractivity contribution is 0.122. The molecule has 4 heteroatoms. The number of para-hydroxylation sites is 1. The van der Waals surface area contributed by atoms with Crippen molar-refractivity contribution in [1.29, 1.82) is 0 Å².